The van der Waals surface area contributed by atoms with E-state index in [9.17, 15) is 4.79 Å². The second-order valence-corrected chi connectivity index (χ2v) is 11.0. The highest BCUT2D eigenvalue weighted by Crippen LogP contribution is 2.43. The van der Waals surface area contributed by atoms with E-state index in [-0.39, 0.29) is 12.1 Å². The predicted octanol–water partition coefficient (Wildman–Crippen LogP) is 5.24. The first kappa shape index (κ1) is 24.0. The van der Waals surface area contributed by atoms with E-state index < -0.39 is 5.60 Å². The Morgan fingerprint density at radius 3 is 2.76 bits per heavy atom. The number of likely N-dealkylation sites (tertiary alicyclic amines) is 2. The molecule has 1 aliphatic carbocycles. The van der Waals surface area contributed by atoms with Crippen molar-refractivity contribution in [1.29, 1.82) is 0 Å². The van der Waals surface area contributed by atoms with Crippen LogP contribution in [0.4, 0.5) is 4.79 Å². The fraction of sp³-hybridized carbons (Fsp3) is 0.607. The van der Waals surface area contributed by atoms with Crippen molar-refractivity contribution in [2.75, 3.05) is 19.6 Å². The Balaban J connectivity index is 1.43. The van der Waals surface area contributed by atoms with Gasteiger partial charge in [-0.05, 0) is 70.9 Å². The lowest BCUT2D eigenvalue weighted by Crippen LogP contribution is -2.52. The van der Waals surface area contributed by atoms with Gasteiger partial charge in [0.05, 0.1) is 6.04 Å². The Labute approximate surface area is 199 Å². The van der Waals surface area contributed by atoms with E-state index in [1.165, 1.54) is 17.5 Å². The van der Waals surface area contributed by atoms with Crippen LogP contribution in [-0.4, -0.2) is 59.3 Å². The van der Waals surface area contributed by atoms with Gasteiger partial charge in [-0.2, -0.15) is 0 Å². The van der Waals surface area contributed by atoms with Gasteiger partial charge in [0.15, 0.2) is 0 Å². The summed E-state index contributed by atoms with van der Waals surface area (Å²) in [6.45, 7) is 14.8. The third-order valence-electron chi connectivity index (χ3n) is 7.16. The van der Waals surface area contributed by atoms with Gasteiger partial charge in [0.25, 0.3) is 0 Å². The maximum absolute atomic E-state index is 12.2. The molecule has 1 N–H and O–H groups in total. The number of fused-ring (bicyclic) bond motifs is 3. The lowest BCUT2D eigenvalue weighted by atomic mass is 9.91. The Morgan fingerprint density at radius 2 is 2.06 bits per heavy atom. The zero-order valence-corrected chi connectivity index (χ0v) is 20.8. The normalized spacial score (nSPS) is 26.3. The number of carbonyl (C=O) groups excluding carboxylic acids is 1. The second kappa shape index (κ2) is 10.0. The molecule has 2 saturated heterocycles. The molecule has 1 amide bonds. The fourth-order valence-electron chi connectivity index (χ4n) is 5.88. The van der Waals surface area contributed by atoms with Crippen LogP contribution in [0.2, 0.25) is 0 Å². The van der Waals surface area contributed by atoms with E-state index in [1.807, 2.05) is 26.8 Å². The molecule has 5 heteroatoms. The maximum atomic E-state index is 12.2. The van der Waals surface area contributed by atoms with Crippen molar-refractivity contribution in [1.82, 2.24) is 15.1 Å². The Bertz CT molecular complexity index is 887. The lowest BCUT2D eigenvalue weighted by Gasteiger charge is -2.41. The Morgan fingerprint density at radius 1 is 1.27 bits per heavy atom. The number of aryl methyl sites for hydroxylation is 1. The summed E-state index contributed by atoms with van der Waals surface area (Å²) >= 11 is 0. The summed E-state index contributed by atoms with van der Waals surface area (Å²) < 4.78 is 5.43. The number of nitrogens with zero attached hydrogens (tertiary/aromatic N) is 2. The van der Waals surface area contributed by atoms with Crippen molar-refractivity contribution in [3.63, 3.8) is 0 Å². The van der Waals surface area contributed by atoms with Crippen LogP contribution in [0.1, 0.15) is 70.5 Å². The number of benzene rings is 1. The van der Waals surface area contributed by atoms with Crippen LogP contribution >= 0.6 is 0 Å². The molecule has 33 heavy (non-hydrogen) atoms. The molecule has 0 saturated carbocycles. The third kappa shape index (κ3) is 5.70. The molecule has 5 nitrogen and oxygen atoms in total. The molecule has 2 fully saturated rings. The molecule has 2 bridgehead atoms. The van der Waals surface area contributed by atoms with Crippen molar-refractivity contribution < 1.29 is 9.53 Å². The highest BCUT2D eigenvalue weighted by Gasteiger charge is 2.47. The predicted molar refractivity (Wildman–Crippen MR) is 134 cm³/mol. The van der Waals surface area contributed by atoms with Gasteiger partial charge in [0, 0.05) is 37.8 Å². The minimum atomic E-state index is -0.469. The highest BCUT2D eigenvalue weighted by molar-refractivity contribution is 5.68. The third-order valence-corrected chi connectivity index (χ3v) is 7.16. The highest BCUT2D eigenvalue weighted by atomic mass is 16.6. The molecule has 4 atom stereocenters. The van der Waals surface area contributed by atoms with Gasteiger partial charge >= 0.3 is 6.09 Å². The number of nitrogens with one attached hydrogen (secondary N) is 1. The monoisotopic (exact) mass is 451 g/mol. The Kier molecular flexibility index (Phi) is 7.30. The molecule has 180 valence electrons. The van der Waals surface area contributed by atoms with E-state index >= 15 is 0 Å². The van der Waals surface area contributed by atoms with Crippen LogP contribution < -0.4 is 5.32 Å². The molecule has 0 aromatic heterocycles. The van der Waals surface area contributed by atoms with Gasteiger partial charge in [-0.15, -0.1) is 6.58 Å². The first-order valence-electron chi connectivity index (χ1n) is 12.6. The van der Waals surface area contributed by atoms with Crippen LogP contribution in [-0.2, 0) is 11.2 Å². The van der Waals surface area contributed by atoms with Crippen LogP contribution in [0.15, 0.2) is 48.6 Å². The van der Waals surface area contributed by atoms with Crippen LogP contribution in [0.5, 0.6) is 0 Å². The summed E-state index contributed by atoms with van der Waals surface area (Å²) in [6.07, 6.45) is 9.83. The maximum Gasteiger partial charge on any atom is 0.407 e. The molecule has 1 aromatic rings. The van der Waals surface area contributed by atoms with Crippen LogP contribution in [0.3, 0.4) is 0 Å². The van der Waals surface area contributed by atoms with E-state index in [0.717, 1.165) is 45.3 Å². The quantitative estimate of drug-likeness (QED) is 0.576. The number of ether oxygens (including phenoxy) is 1. The SMILES string of the molecule is C=CCCC1=CCCc2ccccc2C1N1C[C@@H]2C[C@H]1CN2CC(C)NC(=O)OC(C)(C)C. The van der Waals surface area contributed by atoms with Gasteiger partial charge in [0.2, 0.25) is 0 Å². The van der Waals surface area contributed by atoms with Crippen molar-refractivity contribution in [3.8, 4) is 0 Å². The molecule has 2 unspecified atom stereocenters. The summed E-state index contributed by atoms with van der Waals surface area (Å²) in [5.74, 6) is 0. The van der Waals surface area contributed by atoms with Crippen molar-refractivity contribution in [2.24, 2.45) is 0 Å². The minimum absolute atomic E-state index is 0.0642. The van der Waals surface area contributed by atoms with Gasteiger partial charge in [-0.3, -0.25) is 9.80 Å². The zero-order valence-electron chi connectivity index (χ0n) is 20.8. The first-order valence-corrected chi connectivity index (χ1v) is 12.6. The van der Waals surface area contributed by atoms with E-state index in [4.69, 9.17) is 4.74 Å². The molecule has 1 aromatic carbocycles. The fourth-order valence-corrected chi connectivity index (χ4v) is 5.88. The lowest BCUT2D eigenvalue weighted by molar-refractivity contribution is 0.0478. The largest absolute Gasteiger partial charge is 0.444 e. The van der Waals surface area contributed by atoms with Crippen LogP contribution in [0.25, 0.3) is 0 Å². The van der Waals surface area contributed by atoms with Crippen molar-refractivity contribution in [2.45, 2.75) is 89.6 Å². The van der Waals surface area contributed by atoms with E-state index in [1.54, 1.807) is 5.57 Å². The Hall–Kier alpha value is -2.11. The smallest absolute Gasteiger partial charge is 0.407 e. The zero-order chi connectivity index (χ0) is 23.6. The number of hydrogen-bond donors (Lipinski definition) is 1. The number of allylic oxidation sites excluding steroid dienone is 2. The average Bonchev–Trinajstić information content (AvgIpc) is 3.25. The molecule has 2 aliphatic heterocycles. The molecule has 2 heterocycles. The molecular weight excluding hydrogens is 410 g/mol. The summed E-state index contributed by atoms with van der Waals surface area (Å²) in [5, 5.41) is 3.01. The van der Waals surface area contributed by atoms with Crippen LogP contribution in [0, 0.1) is 0 Å². The molecule has 0 spiro atoms. The minimum Gasteiger partial charge on any atom is -0.444 e. The van der Waals surface area contributed by atoms with E-state index in [2.05, 4.69) is 59.0 Å². The number of alkyl carbamates (subject to hydrolysis) is 1. The number of amides is 1. The topological polar surface area (TPSA) is 44.8 Å². The summed E-state index contributed by atoms with van der Waals surface area (Å²) in [4.78, 5) is 17.5. The summed E-state index contributed by atoms with van der Waals surface area (Å²) in [7, 11) is 0. The molecule has 0 radical (unpaired) electrons. The first-order chi connectivity index (χ1) is 15.7. The van der Waals surface area contributed by atoms with Gasteiger partial charge < -0.3 is 10.1 Å². The number of carbonyl (C=O) groups is 1. The number of hydrogen-bond acceptors (Lipinski definition) is 4. The van der Waals surface area contributed by atoms with Crippen molar-refractivity contribution >= 4 is 6.09 Å². The number of piperazine rings is 1. The van der Waals surface area contributed by atoms with Gasteiger partial charge in [0.1, 0.15) is 5.60 Å². The summed E-state index contributed by atoms with van der Waals surface area (Å²) in [5.41, 5.74) is 4.11. The van der Waals surface area contributed by atoms with Gasteiger partial charge in [-0.25, -0.2) is 4.79 Å². The van der Waals surface area contributed by atoms with Gasteiger partial charge in [-0.1, -0.05) is 42.0 Å². The summed E-state index contributed by atoms with van der Waals surface area (Å²) in [6, 6.07) is 10.6. The van der Waals surface area contributed by atoms with Crippen molar-refractivity contribution in [3.05, 3.63) is 59.7 Å². The number of rotatable bonds is 7. The standard InChI is InChI=1S/C28H41N3O2/c1-6-7-11-22-14-10-13-21-12-8-9-15-25(21)26(22)31-19-23-16-24(31)18-30(23)17-20(2)29-27(32)33-28(3,4)5/h6,8-9,12,14-15,20,23-24,26H,1,7,10-11,13,16-19H2,2-5H3,(H,29,32)/t20?,23-,24-,26?/m0/s1. The molecule has 4 rings (SSSR count). The molecular formula is C28H41N3O2. The molecule has 3 aliphatic rings. The van der Waals surface area contributed by atoms with E-state index in [0.29, 0.717) is 18.1 Å². The average molecular weight is 452 g/mol. The second-order valence-electron chi connectivity index (χ2n) is 11.0.